The van der Waals surface area contributed by atoms with Crippen molar-refractivity contribution >= 4 is 18.3 Å². The largest absolute Gasteiger partial charge is 0.355 e. The first-order valence-corrected chi connectivity index (χ1v) is 7.11. The van der Waals surface area contributed by atoms with E-state index in [0.29, 0.717) is 18.3 Å². The summed E-state index contributed by atoms with van der Waals surface area (Å²) in [6.07, 6.45) is 1.49. The summed E-state index contributed by atoms with van der Waals surface area (Å²) in [5.74, 6) is 1.05. The van der Waals surface area contributed by atoms with Crippen LogP contribution in [0, 0.1) is 5.92 Å². The van der Waals surface area contributed by atoms with E-state index in [1.165, 1.54) is 5.56 Å². The molecule has 4 heteroatoms. The van der Waals surface area contributed by atoms with Gasteiger partial charge in [0.25, 0.3) is 0 Å². The summed E-state index contributed by atoms with van der Waals surface area (Å²) in [5.41, 5.74) is 1.30. The molecule has 1 atom stereocenters. The van der Waals surface area contributed by atoms with Gasteiger partial charge in [0.1, 0.15) is 0 Å². The highest BCUT2D eigenvalue weighted by Gasteiger charge is 2.16. The average Bonchev–Trinajstić information content (AvgIpc) is 2.40. The van der Waals surface area contributed by atoms with Gasteiger partial charge in [-0.15, -0.1) is 12.4 Å². The normalized spacial score (nSPS) is 11.8. The number of nitrogens with one attached hydrogen (secondary N) is 2. The summed E-state index contributed by atoms with van der Waals surface area (Å²) in [5, 5.41) is 6.11. The van der Waals surface area contributed by atoms with Crippen molar-refractivity contribution in [3.63, 3.8) is 0 Å². The molecule has 0 spiro atoms. The van der Waals surface area contributed by atoms with Crippen LogP contribution in [0.1, 0.15) is 38.2 Å². The first kappa shape index (κ1) is 18.9. The zero-order valence-electron chi connectivity index (χ0n) is 12.7. The van der Waals surface area contributed by atoms with Gasteiger partial charge in [-0.1, -0.05) is 44.2 Å². The molecule has 0 saturated heterocycles. The molecule has 20 heavy (non-hydrogen) atoms. The quantitative estimate of drug-likeness (QED) is 0.725. The molecule has 0 radical (unpaired) electrons. The molecule has 0 saturated carbocycles. The molecule has 1 aromatic rings. The Balaban J connectivity index is 0.00000361. The van der Waals surface area contributed by atoms with E-state index in [-0.39, 0.29) is 18.3 Å². The van der Waals surface area contributed by atoms with Crippen LogP contribution < -0.4 is 10.6 Å². The van der Waals surface area contributed by atoms with Crippen molar-refractivity contribution < 1.29 is 4.79 Å². The van der Waals surface area contributed by atoms with Crippen molar-refractivity contribution in [1.29, 1.82) is 0 Å². The Morgan fingerprint density at radius 1 is 1.20 bits per heavy atom. The number of carbonyl (C=O) groups excluding carboxylic acids is 1. The van der Waals surface area contributed by atoms with Gasteiger partial charge in [0.05, 0.1) is 0 Å². The lowest BCUT2D eigenvalue weighted by Gasteiger charge is -2.22. The van der Waals surface area contributed by atoms with Crippen LogP contribution in [0.25, 0.3) is 0 Å². The van der Waals surface area contributed by atoms with E-state index >= 15 is 0 Å². The third-order valence-electron chi connectivity index (χ3n) is 3.38. The molecular formula is C16H27ClN2O. The topological polar surface area (TPSA) is 41.1 Å². The van der Waals surface area contributed by atoms with Crippen molar-refractivity contribution in [3.05, 3.63) is 35.9 Å². The maximum Gasteiger partial charge on any atom is 0.220 e. The third kappa shape index (κ3) is 6.92. The lowest BCUT2D eigenvalue weighted by molar-refractivity contribution is -0.121. The van der Waals surface area contributed by atoms with Crippen LogP contribution in [0.5, 0.6) is 0 Å². The van der Waals surface area contributed by atoms with E-state index in [4.69, 9.17) is 0 Å². The van der Waals surface area contributed by atoms with Gasteiger partial charge >= 0.3 is 0 Å². The molecule has 0 aromatic heterocycles. The Morgan fingerprint density at radius 3 is 2.40 bits per heavy atom. The van der Waals surface area contributed by atoms with Crippen LogP contribution in [0.4, 0.5) is 0 Å². The van der Waals surface area contributed by atoms with Gasteiger partial charge < -0.3 is 10.6 Å². The predicted molar refractivity (Wildman–Crippen MR) is 87.4 cm³/mol. The Morgan fingerprint density at radius 2 is 1.85 bits per heavy atom. The number of amides is 1. The molecule has 1 unspecified atom stereocenters. The first-order chi connectivity index (χ1) is 9.15. The highest BCUT2D eigenvalue weighted by molar-refractivity contribution is 5.85. The lowest BCUT2D eigenvalue weighted by atomic mass is 9.88. The Bertz CT molecular complexity index is 368. The second-order valence-electron chi connectivity index (χ2n) is 5.27. The highest BCUT2D eigenvalue weighted by atomic mass is 35.5. The van der Waals surface area contributed by atoms with E-state index < -0.39 is 0 Å². The third-order valence-corrected chi connectivity index (χ3v) is 3.38. The van der Waals surface area contributed by atoms with Gasteiger partial charge in [0, 0.05) is 18.9 Å². The fourth-order valence-corrected chi connectivity index (χ4v) is 2.18. The molecule has 0 bridgehead atoms. The predicted octanol–water partition coefficient (Wildman–Crippen LogP) is 2.96. The summed E-state index contributed by atoms with van der Waals surface area (Å²) < 4.78 is 0. The molecule has 1 amide bonds. The molecule has 2 N–H and O–H groups in total. The van der Waals surface area contributed by atoms with Crippen LogP contribution in [-0.4, -0.2) is 26.0 Å². The SMILES string of the molecule is CNCCCC(=O)NCC(c1ccccc1)C(C)C.Cl. The number of carbonyl (C=O) groups is 1. The average molecular weight is 299 g/mol. The number of halogens is 1. The lowest BCUT2D eigenvalue weighted by Crippen LogP contribution is -2.30. The highest BCUT2D eigenvalue weighted by Crippen LogP contribution is 2.23. The van der Waals surface area contributed by atoms with E-state index in [2.05, 4.69) is 48.7 Å². The molecule has 1 rings (SSSR count). The van der Waals surface area contributed by atoms with Crippen LogP contribution in [0.2, 0.25) is 0 Å². The molecule has 1 aromatic carbocycles. The summed E-state index contributed by atoms with van der Waals surface area (Å²) >= 11 is 0. The number of benzene rings is 1. The molecule has 0 aliphatic heterocycles. The molecule has 114 valence electrons. The van der Waals surface area contributed by atoms with Crippen molar-refractivity contribution in [1.82, 2.24) is 10.6 Å². The minimum absolute atomic E-state index is 0. The number of hydrogen-bond donors (Lipinski definition) is 2. The Labute approximate surface area is 128 Å². The minimum atomic E-state index is 0. The van der Waals surface area contributed by atoms with Crippen LogP contribution in [0.15, 0.2) is 30.3 Å². The van der Waals surface area contributed by atoms with Gasteiger partial charge in [-0.2, -0.15) is 0 Å². The van der Waals surface area contributed by atoms with Crippen LogP contribution in [0.3, 0.4) is 0 Å². The maximum atomic E-state index is 11.7. The van der Waals surface area contributed by atoms with Crippen LogP contribution in [-0.2, 0) is 4.79 Å². The molecule has 0 fully saturated rings. The second kappa shape index (κ2) is 10.7. The van der Waals surface area contributed by atoms with Gasteiger partial charge in [-0.25, -0.2) is 0 Å². The van der Waals surface area contributed by atoms with E-state index in [9.17, 15) is 4.79 Å². The molecule has 3 nitrogen and oxygen atoms in total. The van der Waals surface area contributed by atoms with Crippen LogP contribution >= 0.6 is 12.4 Å². The van der Waals surface area contributed by atoms with Gasteiger partial charge in [0.15, 0.2) is 0 Å². The van der Waals surface area contributed by atoms with E-state index in [1.54, 1.807) is 0 Å². The molecule has 0 aliphatic rings. The maximum absolute atomic E-state index is 11.7. The van der Waals surface area contributed by atoms with E-state index in [0.717, 1.165) is 19.5 Å². The van der Waals surface area contributed by atoms with Crippen molar-refractivity contribution in [2.24, 2.45) is 5.92 Å². The summed E-state index contributed by atoms with van der Waals surface area (Å²) in [4.78, 5) is 11.7. The molecular weight excluding hydrogens is 272 g/mol. The Hall–Kier alpha value is -1.06. The monoisotopic (exact) mass is 298 g/mol. The Kier molecular flexibility index (Phi) is 10.1. The second-order valence-corrected chi connectivity index (χ2v) is 5.27. The summed E-state index contributed by atoms with van der Waals surface area (Å²) in [7, 11) is 1.90. The van der Waals surface area contributed by atoms with Gasteiger partial charge in [-0.05, 0) is 31.5 Å². The fraction of sp³-hybridized carbons (Fsp3) is 0.562. The minimum Gasteiger partial charge on any atom is -0.355 e. The molecule has 0 aliphatic carbocycles. The number of hydrogen-bond acceptors (Lipinski definition) is 2. The smallest absolute Gasteiger partial charge is 0.220 e. The summed E-state index contributed by atoms with van der Waals surface area (Å²) in [6.45, 7) is 6.01. The number of rotatable bonds is 8. The van der Waals surface area contributed by atoms with Crippen molar-refractivity contribution in [2.75, 3.05) is 20.1 Å². The van der Waals surface area contributed by atoms with Gasteiger partial charge in [-0.3, -0.25) is 4.79 Å². The zero-order chi connectivity index (χ0) is 14.1. The van der Waals surface area contributed by atoms with Gasteiger partial charge in [0.2, 0.25) is 5.91 Å². The summed E-state index contributed by atoms with van der Waals surface area (Å²) in [6, 6.07) is 10.4. The zero-order valence-corrected chi connectivity index (χ0v) is 13.5. The first-order valence-electron chi connectivity index (χ1n) is 7.11. The molecule has 0 heterocycles. The van der Waals surface area contributed by atoms with Crippen molar-refractivity contribution in [3.8, 4) is 0 Å². The standard InChI is InChI=1S/C16H26N2O.ClH/c1-13(2)15(14-8-5-4-6-9-14)12-18-16(19)10-7-11-17-3;/h4-6,8-9,13,15,17H,7,10-12H2,1-3H3,(H,18,19);1H. The fourth-order valence-electron chi connectivity index (χ4n) is 2.18. The van der Waals surface area contributed by atoms with E-state index in [1.807, 2.05) is 13.1 Å². The van der Waals surface area contributed by atoms with Crippen molar-refractivity contribution in [2.45, 2.75) is 32.6 Å².